The molecule has 1 N–H and O–H groups in total. The molecule has 4 aromatic rings. The number of rotatable bonds is 4. The SMILES string of the molecule is CN1CCC(c2cccc(C(=O)Nc3ncc4ccc(-c5cnn(C)c5)cc4n3)c2)CC1. The Bertz CT molecular complexity index is 1270. The van der Waals surface area contributed by atoms with Crippen molar-refractivity contribution >= 4 is 22.8 Å². The third-order valence-electron chi connectivity index (χ3n) is 6.19. The highest BCUT2D eigenvalue weighted by Gasteiger charge is 2.19. The lowest BCUT2D eigenvalue weighted by Crippen LogP contribution is -2.29. The lowest BCUT2D eigenvalue weighted by molar-refractivity contribution is 0.102. The first kappa shape index (κ1) is 20.3. The number of nitrogens with one attached hydrogen (secondary N) is 1. The highest BCUT2D eigenvalue weighted by Crippen LogP contribution is 2.28. The summed E-state index contributed by atoms with van der Waals surface area (Å²) in [6, 6.07) is 13.9. The molecule has 162 valence electrons. The van der Waals surface area contributed by atoms with Crippen molar-refractivity contribution < 1.29 is 4.79 Å². The Labute approximate surface area is 187 Å². The van der Waals surface area contributed by atoms with Crippen LogP contribution in [0.1, 0.15) is 34.7 Å². The standard InChI is InChI=1S/C25H26N6O/c1-30-10-8-17(9-11-30)18-4-3-5-20(12-18)24(32)29-25-26-14-21-7-6-19(13-23(21)28-25)22-15-27-31(2)16-22/h3-7,12-17H,8-11H2,1-2H3,(H,26,28,29,32). The average Bonchev–Trinajstić information content (AvgIpc) is 3.25. The van der Waals surface area contributed by atoms with E-state index in [4.69, 9.17) is 0 Å². The number of aromatic nitrogens is 4. The average molecular weight is 427 g/mol. The molecule has 2 aromatic heterocycles. The summed E-state index contributed by atoms with van der Waals surface area (Å²) in [5.74, 6) is 0.611. The smallest absolute Gasteiger partial charge is 0.258 e. The van der Waals surface area contributed by atoms with Gasteiger partial charge in [0, 0.05) is 36.0 Å². The van der Waals surface area contributed by atoms with Gasteiger partial charge in [0.2, 0.25) is 5.95 Å². The molecule has 7 heteroatoms. The number of piperidine rings is 1. The third-order valence-corrected chi connectivity index (χ3v) is 6.19. The van der Waals surface area contributed by atoms with Gasteiger partial charge in [0.1, 0.15) is 0 Å². The Morgan fingerprint density at radius 2 is 1.88 bits per heavy atom. The molecule has 1 saturated heterocycles. The van der Waals surface area contributed by atoms with Crippen LogP contribution in [0, 0.1) is 0 Å². The van der Waals surface area contributed by atoms with Crippen LogP contribution in [-0.2, 0) is 7.05 Å². The van der Waals surface area contributed by atoms with Crippen LogP contribution in [0.4, 0.5) is 5.95 Å². The van der Waals surface area contributed by atoms with Gasteiger partial charge >= 0.3 is 0 Å². The molecule has 7 nitrogen and oxygen atoms in total. The first-order valence-electron chi connectivity index (χ1n) is 10.9. The summed E-state index contributed by atoms with van der Waals surface area (Å²) in [5.41, 5.74) is 4.67. The third kappa shape index (κ3) is 4.24. The maximum absolute atomic E-state index is 12.9. The van der Waals surface area contributed by atoms with E-state index in [1.165, 1.54) is 5.56 Å². The number of nitrogens with zero attached hydrogens (tertiary/aromatic N) is 5. The first-order valence-corrected chi connectivity index (χ1v) is 10.9. The van der Waals surface area contributed by atoms with Gasteiger partial charge in [-0.2, -0.15) is 5.10 Å². The summed E-state index contributed by atoms with van der Waals surface area (Å²) in [7, 11) is 4.05. The van der Waals surface area contributed by atoms with Crippen molar-refractivity contribution in [2.45, 2.75) is 18.8 Å². The molecule has 0 radical (unpaired) electrons. The number of hydrogen-bond acceptors (Lipinski definition) is 5. The minimum Gasteiger partial charge on any atom is -0.306 e. The molecule has 32 heavy (non-hydrogen) atoms. The van der Waals surface area contributed by atoms with Crippen LogP contribution in [-0.4, -0.2) is 50.7 Å². The predicted molar refractivity (Wildman–Crippen MR) is 126 cm³/mol. The summed E-state index contributed by atoms with van der Waals surface area (Å²) in [4.78, 5) is 24.2. The van der Waals surface area contributed by atoms with Crippen LogP contribution in [0.3, 0.4) is 0 Å². The zero-order chi connectivity index (χ0) is 22.1. The Morgan fingerprint density at radius 1 is 1.03 bits per heavy atom. The van der Waals surface area contributed by atoms with Crippen LogP contribution < -0.4 is 5.32 Å². The van der Waals surface area contributed by atoms with E-state index in [-0.39, 0.29) is 5.91 Å². The largest absolute Gasteiger partial charge is 0.306 e. The van der Waals surface area contributed by atoms with Gasteiger partial charge in [0.05, 0.1) is 11.7 Å². The van der Waals surface area contributed by atoms with E-state index in [1.54, 1.807) is 10.9 Å². The lowest BCUT2D eigenvalue weighted by atomic mass is 9.89. The molecule has 1 fully saturated rings. The van der Waals surface area contributed by atoms with Crippen LogP contribution in [0.5, 0.6) is 0 Å². The van der Waals surface area contributed by atoms with E-state index in [1.807, 2.05) is 55.8 Å². The van der Waals surface area contributed by atoms with Gasteiger partial charge in [-0.05, 0) is 68.2 Å². The molecule has 0 bridgehead atoms. The second kappa shape index (κ2) is 8.51. The Kier molecular flexibility index (Phi) is 5.41. The maximum atomic E-state index is 12.9. The van der Waals surface area contributed by atoms with Crippen molar-refractivity contribution in [2.24, 2.45) is 7.05 Å². The molecule has 0 spiro atoms. The summed E-state index contributed by atoms with van der Waals surface area (Å²) in [5, 5.41) is 8.01. The molecule has 1 aliphatic rings. The van der Waals surface area contributed by atoms with E-state index >= 15 is 0 Å². The fourth-order valence-corrected chi connectivity index (χ4v) is 4.28. The van der Waals surface area contributed by atoms with Crippen molar-refractivity contribution in [3.05, 3.63) is 72.2 Å². The normalized spacial score (nSPS) is 15.2. The van der Waals surface area contributed by atoms with Crippen molar-refractivity contribution in [1.82, 2.24) is 24.6 Å². The van der Waals surface area contributed by atoms with E-state index in [9.17, 15) is 4.79 Å². The number of hydrogen-bond donors (Lipinski definition) is 1. The summed E-state index contributed by atoms with van der Waals surface area (Å²) in [6.07, 6.45) is 7.76. The number of fused-ring (bicyclic) bond motifs is 1. The molecule has 3 heterocycles. The van der Waals surface area contributed by atoms with Crippen LogP contribution in [0.15, 0.2) is 61.1 Å². The molecule has 2 aromatic carbocycles. The molecule has 1 aliphatic heterocycles. The number of anilines is 1. The van der Waals surface area contributed by atoms with E-state index < -0.39 is 0 Å². The fourth-order valence-electron chi connectivity index (χ4n) is 4.28. The minimum atomic E-state index is -0.192. The van der Waals surface area contributed by atoms with Crippen molar-refractivity contribution in [2.75, 3.05) is 25.5 Å². The topological polar surface area (TPSA) is 75.9 Å². The van der Waals surface area contributed by atoms with Crippen molar-refractivity contribution in [1.29, 1.82) is 0 Å². The fraction of sp³-hybridized carbons (Fsp3) is 0.280. The molecule has 1 amide bonds. The molecule has 0 aliphatic carbocycles. The van der Waals surface area contributed by atoms with E-state index in [0.717, 1.165) is 48.0 Å². The van der Waals surface area contributed by atoms with Gasteiger partial charge in [-0.25, -0.2) is 9.97 Å². The predicted octanol–water partition coefficient (Wildman–Crippen LogP) is 4.09. The van der Waals surface area contributed by atoms with Crippen molar-refractivity contribution in [3.63, 3.8) is 0 Å². The van der Waals surface area contributed by atoms with Gasteiger partial charge in [-0.3, -0.25) is 14.8 Å². The van der Waals surface area contributed by atoms with Gasteiger partial charge in [-0.15, -0.1) is 0 Å². The quantitative estimate of drug-likeness (QED) is 0.532. The van der Waals surface area contributed by atoms with Crippen LogP contribution in [0.25, 0.3) is 22.0 Å². The van der Waals surface area contributed by atoms with Crippen molar-refractivity contribution in [3.8, 4) is 11.1 Å². The zero-order valence-corrected chi connectivity index (χ0v) is 18.3. The van der Waals surface area contributed by atoms with E-state index in [0.29, 0.717) is 17.4 Å². The van der Waals surface area contributed by atoms with Crippen LogP contribution in [0.2, 0.25) is 0 Å². The highest BCUT2D eigenvalue weighted by molar-refractivity contribution is 6.03. The van der Waals surface area contributed by atoms with Gasteiger partial charge in [-0.1, -0.05) is 24.3 Å². The first-order chi connectivity index (χ1) is 15.5. The molecular weight excluding hydrogens is 400 g/mol. The Hall–Kier alpha value is -3.58. The second-order valence-electron chi connectivity index (χ2n) is 8.53. The number of aryl methyl sites for hydroxylation is 1. The van der Waals surface area contributed by atoms with Gasteiger partial charge in [0.25, 0.3) is 5.91 Å². The number of carbonyl (C=O) groups excluding carboxylic acids is 1. The van der Waals surface area contributed by atoms with Gasteiger partial charge in [0.15, 0.2) is 0 Å². The zero-order valence-electron chi connectivity index (χ0n) is 18.3. The molecular formula is C25H26N6O. The molecule has 0 atom stereocenters. The van der Waals surface area contributed by atoms with Crippen LogP contribution >= 0.6 is 0 Å². The number of benzene rings is 2. The minimum absolute atomic E-state index is 0.192. The van der Waals surface area contributed by atoms with E-state index in [2.05, 4.69) is 38.4 Å². The second-order valence-corrected chi connectivity index (χ2v) is 8.53. The maximum Gasteiger partial charge on any atom is 0.258 e. The molecule has 0 saturated carbocycles. The summed E-state index contributed by atoms with van der Waals surface area (Å²) >= 11 is 0. The molecule has 5 rings (SSSR count). The molecule has 0 unspecified atom stereocenters. The summed E-state index contributed by atoms with van der Waals surface area (Å²) < 4.78 is 1.77. The summed E-state index contributed by atoms with van der Waals surface area (Å²) in [6.45, 7) is 2.18. The lowest BCUT2D eigenvalue weighted by Gasteiger charge is -2.29. The Morgan fingerprint density at radius 3 is 2.66 bits per heavy atom. The number of carbonyl (C=O) groups is 1. The monoisotopic (exact) mass is 426 g/mol. The Balaban J connectivity index is 1.36. The van der Waals surface area contributed by atoms with Gasteiger partial charge < -0.3 is 4.90 Å². The highest BCUT2D eigenvalue weighted by atomic mass is 16.1. The number of amides is 1. The number of likely N-dealkylation sites (tertiary alicyclic amines) is 1.